The number of hydrogen-bond acceptors (Lipinski definition) is 4. The van der Waals surface area contributed by atoms with Crippen LogP contribution in [-0.4, -0.2) is 46.4 Å². The van der Waals surface area contributed by atoms with E-state index in [0.717, 1.165) is 31.2 Å². The van der Waals surface area contributed by atoms with Crippen LogP contribution < -0.4 is 0 Å². The van der Waals surface area contributed by atoms with Crippen LogP contribution in [0.5, 0.6) is 0 Å². The third kappa shape index (κ3) is 4.61. The summed E-state index contributed by atoms with van der Waals surface area (Å²) in [5, 5.41) is 19.6. The van der Waals surface area contributed by atoms with Crippen molar-refractivity contribution in [2.45, 2.75) is 57.7 Å². The number of amides is 1. The van der Waals surface area contributed by atoms with Gasteiger partial charge in [0.05, 0.1) is 11.5 Å². The number of nitrogens with zero attached hydrogens (tertiary/aromatic N) is 1. The molecule has 0 radical (unpaired) electrons. The molecule has 0 bridgehead atoms. The number of ether oxygens (including phenoxy) is 1. The van der Waals surface area contributed by atoms with Gasteiger partial charge in [-0.05, 0) is 56.4 Å². The quantitative estimate of drug-likeness (QED) is 0.744. The molecule has 1 heterocycles. The first-order valence-electron chi connectivity index (χ1n) is 9.88. The fraction of sp³-hybridized carbons (Fsp3) is 0.619. The van der Waals surface area contributed by atoms with Crippen LogP contribution in [0.15, 0.2) is 30.3 Å². The second kappa shape index (κ2) is 8.74. The Balaban J connectivity index is 1.56. The summed E-state index contributed by atoms with van der Waals surface area (Å²) in [7, 11) is 0. The van der Waals surface area contributed by atoms with Gasteiger partial charge in [-0.1, -0.05) is 30.3 Å². The van der Waals surface area contributed by atoms with E-state index in [9.17, 15) is 14.7 Å². The Kier molecular flexibility index (Phi) is 6.37. The zero-order valence-electron chi connectivity index (χ0n) is 15.7. The van der Waals surface area contributed by atoms with Crippen molar-refractivity contribution in [3.05, 3.63) is 35.9 Å². The maximum absolute atomic E-state index is 12.9. The van der Waals surface area contributed by atoms with E-state index in [1.807, 2.05) is 30.3 Å². The molecule has 1 aromatic carbocycles. The molecule has 2 unspecified atom stereocenters. The van der Waals surface area contributed by atoms with Crippen LogP contribution in [0.1, 0.15) is 50.5 Å². The SMILES string of the molecule is O=C(O)N1CCC(CCC2(C(=O)OCc3ccccc3)CCCC2O)CC1. The Morgan fingerprint density at radius 2 is 1.85 bits per heavy atom. The first-order valence-corrected chi connectivity index (χ1v) is 9.88. The number of likely N-dealkylation sites (tertiary alicyclic amines) is 1. The second-order valence-corrected chi connectivity index (χ2v) is 7.88. The summed E-state index contributed by atoms with van der Waals surface area (Å²) in [6.45, 7) is 1.33. The van der Waals surface area contributed by atoms with Gasteiger partial charge in [-0.15, -0.1) is 0 Å². The Labute approximate surface area is 160 Å². The summed E-state index contributed by atoms with van der Waals surface area (Å²) in [5.41, 5.74) is 0.133. The van der Waals surface area contributed by atoms with Gasteiger partial charge in [-0.2, -0.15) is 0 Å². The van der Waals surface area contributed by atoms with Gasteiger partial charge in [-0.25, -0.2) is 4.79 Å². The van der Waals surface area contributed by atoms with Gasteiger partial charge in [0, 0.05) is 13.1 Å². The third-order valence-corrected chi connectivity index (χ3v) is 6.24. The number of esters is 1. The lowest BCUT2D eigenvalue weighted by atomic mass is 9.76. The number of benzene rings is 1. The molecule has 1 aromatic rings. The molecule has 0 aromatic heterocycles. The van der Waals surface area contributed by atoms with Crippen LogP contribution in [0, 0.1) is 11.3 Å². The topological polar surface area (TPSA) is 87.1 Å². The molecule has 1 saturated heterocycles. The van der Waals surface area contributed by atoms with E-state index in [-0.39, 0.29) is 12.6 Å². The molecule has 2 N–H and O–H groups in total. The number of aliphatic hydroxyl groups excluding tert-OH is 1. The number of aliphatic hydroxyl groups is 1. The highest BCUT2D eigenvalue weighted by molar-refractivity contribution is 5.78. The number of piperidine rings is 1. The standard InChI is InChI=1S/C21H29NO5/c23-18-7-4-11-21(18,19(24)27-15-17-5-2-1-3-6-17)12-8-16-9-13-22(14-10-16)20(25)26/h1-3,5-6,16,18,23H,4,7-15H2,(H,25,26). The van der Waals surface area contributed by atoms with Crippen molar-refractivity contribution in [1.82, 2.24) is 4.90 Å². The Hall–Kier alpha value is -2.08. The van der Waals surface area contributed by atoms with E-state index in [1.54, 1.807) is 0 Å². The first kappa shape index (κ1) is 19.7. The predicted octanol–water partition coefficient (Wildman–Crippen LogP) is 3.43. The smallest absolute Gasteiger partial charge is 0.407 e. The number of carbonyl (C=O) groups is 2. The maximum atomic E-state index is 12.9. The van der Waals surface area contributed by atoms with Crippen LogP contribution in [0.2, 0.25) is 0 Å². The summed E-state index contributed by atoms with van der Waals surface area (Å²) in [5.74, 6) is 0.103. The van der Waals surface area contributed by atoms with Crippen LogP contribution in [0.4, 0.5) is 4.79 Å². The van der Waals surface area contributed by atoms with E-state index < -0.39 is 17.6 Å². The van der Waals surface area contributed by atoms with E-state index in [2.05, 4.69) is 0 Å². The molecule has 27 heavy (non-hydrogen) atoms. The maximum Gasteiger partial charge on any atom is 0.407 e. The lowest BCUT2D eigenvalue weighted by Gasteiger charge is -2.34. The van der Waals surface area contributed by atoms with Crippen molar-refractivity contribution in [3.8, 4) is 0 Å². The highest BCUT2D eigenvalue weighted by Crippen LogP contribution is 2.45. The average molecular weight is 375 g/mol. The van der Waals surface area contributed by atoms with Crippen molar-refractivity contribution in [1.29, 1.82) is 0 Å². The lowest BCUT2D eigenvalue weighted by molar-refractivity contribution is -0.164. The molecular formula is C21H29NO5. The fourth-order valence-corrected chi connectivity index (χ4v) is 4.43. The van der Waals surface area contributed by atoms with Gasteiger partial charge in [0.2, 0.25) is 0 Å². The molecule has 2 atom stereocenters. The predicted molar refractivity (Wildman–Crippen MR) is 100 cm³/mol. The van der Waals surface area contributed by atoms with Gasteiger partial charge in [0.25, 0.3) is 0 Å². The zero-order chi connectivity index (χ0) is 19.3. The molecule has 0 spiro atoms. The molecule has 2 aliphatic rings. The largest absolute Gasteiger partial charge is 0.465 e. The summed E-state index contributed by atoms with van der Waals surface area (Å²) in [6, 6.07) is 9.57. The van der Waals surface area contributed by atoms with Crippen molar-refractivity contribution < 1.29 is 24.5 Å². The molecule has 1 aliphatic carbocycles. The molecule has 1 aliphatic heterocycles. The number of rotatable bonds is 6. The molecule has 1 amide bonds. The van der Waals surface area contributed by atoms with Crippen molar-refractivity contribution in [3.63, 3.8) is 0 Å². The van der Waals surface area contributed by atoms with E-state index in [4.69, 9.17) is 9.84 Å². The van der Waals surface area contributed by atoms with E-state index in [0.29, 0.717) is 38.3 Å². The summed E-state index contributed by atoms with van der Waals surface area (Å²) >= 11 is 0. The summed E-state index contributed by atoms with van der Waals surface area (Å²) < 4.78 is 5.59. The van der Waals surface area contributed by atoms with E-state index >= 15 is 0 Å². The molecule has 6 nitrogen and oxygen atoms in total. The number of carbonyl (C=O) groups excluding carboxylic acids is 1. The zero-order valence-corrected chi connectivity index (χ0v) is 15.7. The van der Waals surface area contributed by atoms with Gasteiger partial charge in [0.15, 0.2) is 0 Å². The van der Waals surface area contributed by atoms with Gasteiger partial charge in [-0.3, -0.25) is 4.79 Å². The first-order chi connectivity index (χ1) is 13.0. The normalized spacial score (nSPS) is 26.1. The van der Waals surface area contributed by atoms with Gasteiger partial charge in [0.1, 0.15) is 6.61 Å². The highest BCUT2D eigenvalue weighted by Gasteiger charge is 2.49. The Bertz CT molecular complexity index is 641. The van der Waals surface area contributed by atoms with Crippen molar-refractivity contribution in [2.24, 2.45) is 11.3 Å². The van der Waals surface area contributed by atoms with Crippen molar-refractivity contribution in [2.75, 3.05) is 13.1 Å². The minimum atomic E-state index is -0.861. The molecular weight excluding hydrogens is 346 g/mol. The van der Waals surface area contributed by atoms with E-state index in [1.165, 1.54) is 4.90 Å². The Morgan fingerprint density at radius 1 is 1.15 bits per heavy atom. The molecule has 2 fully saturated rings. The lowest BCUT2D eigenvalue weighted by Crippen LogP contribution is -2.41. The second-order valence-electron chi connectivity index (χ2n) is 7.88. The number of carboxylic acid groups (broad SMARTS) is 1. The van der Waals surface area contributed by atoms with Gasteiger partial charge >= 0.3 is 12.1 Å². The van der Waals surface area contributed by atoms with Crippen LogP contribution in [0.3, 0.4) is 0 Å². The fourth-order valence-electron chi connectivity index (χ4n) is 4.43. The molecule has 1 saturated carbocycles. The monoisotopic (exact) mass is 375 g/mol. The molecule has 148 valence electrons. The summed E-state index contributed by atoms with van der Waals surface area (Å²) in [4.78, 5) is 25.4. The van der Waals surface area contributed by atoms with Crippen LogP contribution >= 0.6 is 0 Å². The Morgan fingerprint density at radius 3 is 2.44 bits per heavy atom. The highest BCUT2D eigenvalue weighted by atomic mass is 16.5. The summed E-state index contributed by atoms with van der Waals surface area (Å²) in [6.07, 6.45) is 3.69. The average Bonchev–Trinajstić information content (AvgIpc) is 3.07. The van der Waals surface area contributed by atoms with Crippen molar-refractivity contribution >= 4 is 12.1 Å². The number of hydrogen-bond donors (Lipinski definition) is 2. The minimum Gasteiger partial charge on any atom is -0.465 e. The molecule has 6 heteroatoms. The van der Waals surface area contributed by atoms with Crippen LogP contribution in [0.25, 0.3) is 0 Å². The van der Waals surface area contributed by atoms with Crippen LogP contribution in [-0.2, 0) is 16.1 Å². The minimum absolute atomic E-state index is 0.227. The van der Waals surface area contributed by atoms with Gasteiger partial charge < -0.3 is 19.8 Å². The molecule has 3 rings (SSSR count). The third-order valence-electron chi connectivity index (χ3n) is 6.24.